The van der Waals surface area contributed by atoms with Crippen molar-refractivity contribution in [2.24, 2.45) is 0 Å². The average molecular weight is 337 g/mol. The second kappa shape index (κ2) is 5.83. The molecule has 0 aliphatic carbocycles. The van der Waals surface area contributed by atoms with Crippen LogP contribution in [0.4, 0.5) is 11.6 Å². The fourth-order valence-electron chi connectivity index (χ4n) is 2.43. The summed E-state index contributed by atoms with van der Waals surface area (Å²) < 4.78 is 6.29. The van der Waals surface area contributed by atoms with Gasteiger partial charge >= 0.3 is 0 Å². The topological polar surface area (TPSA) is 68.2 Å². The molecule has 2 aromatic rings. The lowest BCUT2D eigenvalue weighted by molar-refractivity contribution is 0.429. The molecule has 1 saturated heterocycles. The molecule has 106 valence electrons. The van der Waals surface area contributed by atoms with Crippen LogP contribution in [0.5, 0.6) is 0 Å². The van der Waals surface area contributed by atoms with Crippen LogP contribution in [-0.2, 0) is 0 Å². The SMILES string of the molecule is Nc1ccc(Br)c(-c2nc(N3CCCCCC3)no2)c1. The Labute approximate surface area is 126 Å². The monoisotopic (exact) mass is 336 g/mol. The maximum atomic E-state index is 5.81. The van der Waals surface area contributed by atoms with Crippen LogP contribution in [0.3, 0.4) is 0 Å². The first kappa shape index (κ1) is 13.4. The molecule has 1 aliphatic rings. The largest absolute Gasteiger partial charge is 0.399 e. The molecule has 20 heavy (non-hydrogen) atoms. The standard InChI is InChI=1S/C14H17BrN4O/c15-12-6-5-10(16)9-11(12)13-17-14(18-20-13)19-7-3-1-2-4-8-19/h5-6,9H,1-4,7-8,16H2. The molecule has 0 amide bonds. The second-order valence-corrected chi connectivity index (χ2v) is 5.89. The van der Waals surface area contributed by atoms with Gasteiger partial charge in [0.2, 0.25) is 0 Å². The molecule has 0 unspecified atom stereocenters. The molecular weight excluding hydrogens is 320 g/mol. The van der Waals surface area contributed by atoms with Gasteiger partial charge in [-0.05, 0) is 52.1 Å². The molecule has 0 atom stereocenters. The summed E-state index contributed by atoms with van der Waals surface area (Å²) in [5.74, 6) is 1.18. The van der Waals surface area contributed by atoms with Crippen molar-refractivity contribution in [2.45, 2.75) is 25.7 Å². The van der Waals surface area contributed by atoms with Crippen LogP contribution in [0.15, 0.2) is 27.2 Å². The molecule has 1 aliphatic heterocycles. The number of nitrogens with zero attached hydrogens (tertiary/aromatic N) is 3. The summed E-state index contributed by atoms with van der Waals surface area (Å²) in [7, 11) is 0. The molecule has 0 spiro atoms. The zero-order valence-electron chi connectivity index (χ0n) is 11.2. The van der Waals surface area contributed by atoms with E-state index in [1.807, 2.05) is 18.2 Å². The maximum absolute atomic E-state index is 5.81. The van der Waals surface area contributed by atoms with Crippen LogP contribution in [0.25, 0.3) is 11.5 Å². The summed E-state index contributed by atoms with van der Waals surface area (Å²) in [5.41, 5.74) is 7.32. The third-order valence-corrected chi connectivity index (χ3v) is 4.22. The Morgan fingerprint density at radius 1 is 1.15 bits per heavy atom. The van der Waals surface area contributed by atoms with Crippen LogP contribution in [0, 0.1) is 0 Å². The highest BCUT2D eigenvalue weighted by Gasteiger charge is 2.18. The normalized spacial score (nSPS) is 16.1. The van der Waals surface area contributed by atoms with Gasteiger partial charge in [0.25, 0.3) is 11.8 Å². The Morgan fingerprint density at radius 3 is 2.65 bits per heavy atom. The third-order valence-electron chi connectivity index (χ3n) is 3.53. The Hall–Kier alpha value is -1.56. The molecule has 3 rings (SSSR count). The van der Waals surface area contributed by atoms with Crippen molar-refractivity contribution in [3.8, 4) is 11.5 Å². The van der Waals surface area contributed by atoms with Crippen LogP contribution in [0.2, 0.25) is 0 Å². The summed E-state index contributed by atoms with van der Waals surface area (Å²) >= 11 is 3.49. The fraction of sp³-hybridized carbons (Fsp3) is 0.429. The van der Waals surface area contributed by atoms with E-state index in [4.69, 9.17) is 10.3 Å². The average Bonchev–Trinajstić information content (AvgIpc) is 2.77. The quantitative estimate of drug-likeness (QED) is 0.850. The number of nitrogens with two attached hydrogens (primary N) is 1. The predicted octanol–water partition coefficient (Wildman–Crippen LogP) is 3.46. The van der Waals surface area contributed by atoms with Gasteiger partial charge in [-0.15, -0.1) is 0 Å². The number of benzene rings is 1. The summed E-state index contributed by atoms with van der Waals surface area (Å²) in [6, 6.07) is 5.56. The molecule has 0 radical (unpaired) electrons. The van der Waals surface area contributed by atoms with E-state index in [-0.39, 0.29) is 0 Å². The molecule has 0 bridgehead atoms. The number of rotatable bonds is 2. The van der Waals surface area contributed by atoms with E-state index in [2.05, 4.69) is 31.0 Å². The lowest BCUT2D eigenvalue weighted by atomic mass is 10.2. The molecule has 5 nitrogen and oxygen atoms in total. The third kappa shape index (κ3) is 2.80. The Kier molecular flexibility index (Phi) is 3.91. The van der Waals surface area contributed by atoms with Gasteiger partial charge in [-0.2, -0.15) is 4.98 Å². The van der Waals surface area contributed by atoms with E-state index < -0.39 is 0 Å². The van der Waals surface area contributed by atoms with E-state index in [9.17, 15) is 0 Å². The van der Waals surface area contributed by atoms with Gasteiger partial charge in [-0.1, -0.05) is 12.8 Å². The number of halogens is 1. The van der Waals surface area contributed by atoms with E-state index in [1.165, 1.54) is 25.7 Å². The van der Waals surface area contributed by atoms with Crippen molar-refractivity contribution >= 4 is 27.6 Å². The Morgan fingerprint density at radius 2 is 1.90 bits per heavy atom. The first-order chi connectivity index (χ1) is 9.74. The zero-order chi connectivity index (χ0) is 13.9. The molecule has 6 heteroatoms. The van der Waals surface area contributed by atoms with Crippen molar-refractivity contribution in [3.63, 3.8) is 0 Å². The zero-order valence-corrected chi connectivity index (χ0v) is 12.8. The Balaban J connectivity index is 1.87. The first-order valence-electron chi connectivity index (χ1n) is 6.88. The molecule has 1 aromatic carbocycles. The Bertz CT molecular complexity index is 591. The van der Waals surface area contributed by atoms with E-state index in [0.717, 1.165) is 23.1 Å². The summed E-state index contributed by atoms with van der Waals surface area (Å²) in [5, 5.41) is 4.11. The second-order valence-electron chi connectivity index (χ2n) is 5.04. The highest BCUT2D eigenvalue weighted by atomic mass is 79.9. The van der Waals surface area contributed by atoms with Gasteiger partial charge in [-0.3, -0.25) is 0 Å². The van der Waals surface area contributed by atoms with Gasteiger partial charge < -0.3 is 15.2 Å². The molecule has 1 fully saturated rings. The van der Waals surface area contributed by atoms with Gasteiger partial charge in [0.15, 0.2) is 0 Å². The van der Waals surface area contributed by atoms with E-state index in [1.54, 1.807) is 0 Å². The molecule has 2 N–H and O–H groups in total. The smallest absolute Gasteiger partial charge is 0.266 e. The predicted molar refractivity (Wildman–Crippen MR) is 82.5 cm³/mol. The lowest BCUT2D eigenvalue weighted by Crippen LogP contribution is -2.24. The number of hydrogen-bond acceptors (Lipinski definition) is 5. The first-order valence-corrected chi connectivity index (χ1v) is 7.67. The van der Waals surface area contributed by atoms with Gasteiger partial charge in [0.05, 0.1) is 5.56 Å². The van der Waals surface area contributed by atoms with Crippen molar-refractivity contribution in [1.29, 1.82) is 0 Å². The minimum atomic E-state index is 0.503. The number of nitrogen functional groups attached to an aromatic ring is 1. The van der Waals surface area contributed by atoms with Crippen LogP contribution >= 0.6 is 15.9 Å². The van der Waals surface area contributed by atoms with Crippen molar-refractivity contribution in [2.75, 3.05) is 23.7 Å². The highest BCUT2D eigenvalue weighted by molar-refractivity contribution is 9.10. The highest BCUT2D eigenvalue weighted by Crippen LogP contribution is 2.30. The van der Waals surface area contributed by atoms with Gasteiger partial charge in [0, 0.05) is 23.2 Å². The van der Waals surface area contributed by atoms with E-state index in [0.29, 0.717) is 17.5 Å². The van der Waals surface area contributed by atoms with Crippen molar-refractivity contribution < 1.29 is 4.52 Å². The summed E-state index contributed by atoms with van der Waals surface area (Å²) in [6.07, 6.45) is 4.93. The van der Waals surface area contributed by atoms with Crippen LogP contribution in [0.1, 0.15) is 25.7 Å². The number of hydrogen-bond donors (Lipinski definition) is 1. The number of anilines is 2. The minimum absolute atomic E-state index is 0.503. The molecular formula is C14H17BrN4O. The van der Waals surface area contributed by atoms with Gasteiger partial charge in [-0.25, -0.2) is 0 Å². The molecule has 1 aromatic heterocycles. The van der Waals surface area contributed by atoms with Gasteiger partial charge in [0.1, 0.15) is 0 Å². The van der Waals surface area contributed by atoms with Crippen molar-refractivity contribution in [3.05, 3.63) is 22.7 Å². The van der Waals surface area contributed by atoms with Crippen molar-refractivity contribution in [1.82, 2.24) is 10.1 Å². The minimum Gasteiger partial charge on any atom is -0.399 e. The lowest BCUT2D eigenvalue weighted by Gasteiger charge is -2.16. The number of aromatic nitrogens is 2. The fourth-order valence-corrected chi connectivity index (χ4v) is 2.85. The molecule has 2 heterocycles. The maximum Gasteiger partial charge on any atom is 0.266 e. The molecule has 0 saturated carbocycles. The van der Waals surface area contributed by atoms with Crippen LogP contribution < -0.4 is 10.6 Å². The van der Waals surface area contributed by atoms with Crippen LogP contribution in [-0.4, -0.2) is 23.2 Å². The summed E-state index contributed by atoms with van der Waals surface area (Å²) in [6.45, 7) is 1.99. The van der Waals surface area contributed by atoms with E-state index >= 15 is 0 Å². The summed E-state index contributed by atoms with van der Waals surface area (Å²) in [4.78, 5) is 6.71.